The van der Waals surface area contributed by atoms with E-state index < -0.39 is 10.0 Å². The summed E-state index contributed by atoms with van der Waals surface area (Å²) in [6.45, 7) is 6.17. The average molecular weight is 803 g/mol. The summed E-state index contributed by atoms with van der Waals surface area (Å²) in [4.78, 5) is 26.6. The lowest BCUT2D eigenvalue weighted by Gasteiger charge is -2.33. The van der Waals surface area contributed by atoms with Gasteiger partial charge in [-0.05, 0) is 74.2 Å². The van der Waals surface area contributed by atoms with Crippen molar-refractivity contribution in [1.29, 1.82) is 0 Å². The molecule has 0 spiro atoms. The highest BCUT2D eigenvalue weighted by Crippen LogP contribution is 2.33. The van der Waals surface area contributed by atoms with Crippen molar-refractivity contribution >= 4 is 54.2 Å². The van der Waals surface area contributed by atoms with Crippen molar-refractivity contribution in [3.8, 4) is 0 Å². The lowest BCUT2D eigenvalue weighted by Crippen LogP contribution is -2.35. The Morgan fingerprint density at radius 2 is 1.15 bits per heavy atom. The highest BCUT2D eigenvalue weighted by Gasteiger charge is 2.27. The molecule has 6 aromatic heterocycles. The number of fused-ring (bicyclic) bond motifs is 6. The van der Waals surface area contributed by atoms with Gasteiger partial charge < -0.3 is 14.1 Å². The van der Waals surface area contributed by atoms with Crippen molar-refractivity contribution < 1.29 is 8.42 Å². The number of likely N-dealkylation sites (tertiary alicyclic amines) is 2. The fraction of sp³-hybridized carbons (Fsp3) is 0.261. The predicted octanol–water partition coefficient (Wildman–Crippen LogP) is 8.21. The summed E-state index contributed by atoms with van der Waals surface area (Å²) >= 11 is 0. The van der Waals surface area contributed by atoms with Crippen LogP contribution in [-0.4, -0.2) is 82.4 Å². The van der Waals surface area contributed by atoms with Crippen LogP contribution in [0.3, 0.4) is 0 Å². The SMILES string of the molecule is O=S(=O)(c1ccccc1)n1ccc2c3c(cnc21)ncn3[C@@H]1CCCN(Cc2ccccc2)C1.c1ccc(CN2CCC[C@@H](n3cnc4cnc5[nH]ccc5c43)C2)cc1. The summed E-state index contributed by atoms with van der Waals surface area (Å²) in [5.74, 6) is 0. The number of pyridine rings is 2. The van der Waals surface area contributed by atoms with E-state index in [1.165, 1.54) is 40.0 Å². The molecule has 8 heterocycles. The first kappa shape index (κ1) is 37.1. The van der Waals surface area contributed by atoms with Crippen molar-refractivity contribution in [2.45, 2.75) is 55.8 Å². The zero-order valence-electron chi connectivity index (χ0n) is 32.8. The smallest absolute Gasteiger partial charge is 0.269 e. The number of nitrogens with zero attached hydrogens (tertiary/aromatic N) is 9. The molecular formula is C46H46N10O2S. The van der Waals surface area contributed by atoms with E-state index in [0.29, 0.717) is 11.7 Å². The lowest BCUT2D eigenvalue weighted by atomic mass is 10.0. The van der Waals surface area contributed by atoms with Crippen LogP contribution in [0.2, 0.25) is 0 Å². The maximum absolute atomic E-state index is 13.3. The molecule has 2 aliphatic rings. The normalized spacial score (nSPS) is 18.1. The maximum atomic E-state index is 13.3. The molecule has 298 valence electrons. The zero-order chi connectivity index (χ0) is 39.8. The van der Waals surface area contributed by atoms with Gasteiger partial charge in [-0.1, -0.05) is 78.9 Å². The molecule has 59 heavy (non-hydrogen) atoms. The molecule has 2 saturated heterocycles. The highest BCUT2D eigenvalue weighted by molar-refractivity contribution is 7.90. The molecule has 2 fully saturated rings. The molecule has 3 aromatic carbocycles. The molecule has 0 saturated carbocycles. The van der Waals surface area contributed by atoms with E-state index in [1.807, 2.05) is 37.2 Å². The number of hydrogen-bond donors (Lipinski definition) is 1. The monoisotopic (exact) mass is 802 g/mol. The van der Waals surface area contributed by atoms with Crippen molar-refractivity contribution in [2.24, 2.45) is 0 Å². The molecule has 0 unspecified atom stereocenters. The fourth-order valence-corrected chi connectivity index (χ4v) is 10.4. The van der Waals surface area contributed by atoms with E-state index in [9.17, 15) is 8.42 Å². The Hall–Kier alpha value is -6.15. The third-order valence-electron chi connectivity index (χ3n) is 11.9. The Labute approximate surface area is 342 Å². The summed E-state index contributed by atoms with van der Waals surface area (Å²) in [6.07, 6.45) is 15.6. The molecule has 12 nitrogen and oxygen atoms in total. The largest absolute Gasteiger partial charge is 0.346 e. The molecule has 2 aliphatic heterocycles. The second-order valence-electron chi connectivity index (χ2n) is 15.7. The van der Waals surface area contributed by atoms with Gasteiger partial charge in [0, 0.05) is 61.4 Å². The van der Waals surface area contributed by atoms with E-state index in [2.05, 4.69) is 105 Å². The average Bonchev–Trinajstić information content (AvgIpc) is 4.10. The van der Waals surface area contributed by atoms with Crippen LogP contribution in [0.15, 0.2) is 145 Å². The molecule has 0 radical (unpaired) electrons. The van der Waals surface area contributed by atoms with E-state index in [4.69, 9.17) is 0 Å². The molecule has 0 amide bonds. The van der Waals surface area contributed by atoms with Crippen LogP contribution >= 0.6 is 0 Å². The Morgan fingerprint density at radius 3 is 1.75 bits per heavy atom. The first-order valence-corrected chi connectivity index (χ1v) is 21.9. The topological polar surface area (TPSA) is 123 Å². The highest BCUT2D eigenvalue weighted by atomic mass is 32.2. The van der Waals surface area contributed by atoms with Crippen molar-refractivity contribution in [2.75, 3.05) is 26.2 Å². The maximum Gasteiger partial charge on any atom is 0.269 e. The molecule has 0 bridgehead atoms. The first-order chi connectivity index (χ1) is 29.0. The van der Waals surface area contributed by atoms with Crippen LogP contribution in [-0.2, 0) is 23.1 Å². The fourth-order valence-electron chi connectivity index (χ4n) is 9.06. The molecule has 13 heteroatoms. The Bertz CT molecular complexity index is 2960. The minimum atomic E-state index is -3.74. The van der Waals surface area contributed by atoms with Gasteiger partial charge in [0.05, 0.1) is 41.0 Å². The Morgan fingerprint density at radius 1 is 0.610 bits per heavy atom. The van der Waals surface area contributed by atoms with Gasteiger partial charge in [0.2, 0.25) is 0 Å². The van der Waals surface area contributed by atoms with Gasteiger partial charge in [0.25, 0.3) is 10.0 Å². The number of hydrogen-bond acceptors (Lipinski definition) is 8. The van der Waals surface area contributed by atoms with Gasteiger partial charge in [0.15, 0.2) is 5.65 Å². The Kier molecular flexibility index (Phi) is 10.0. The van der Waals surface area contributed by atoms with Crippen molar-refractivity contribution in [3.05, 3.63) is 152 Å². The van der Waals surface area contributed by atoms with Gasteiger partial charge in [-0.15, -0.1) is 0 Å². The van der Waals surface area contributed by atoms with E-state index in [-0.39, 0.29) is 10.9 Å². The third-order valence-corrected chi connectivity index (χ3v) is 13.6. The molecule has 0 aliphatic carbocycles. The van der Waals surface area contributed by atoms with Gasteiger partial charge in [-0.3, -0.25) is 9.80 Å². The van der Waals surface area contributed by atoms with Crippen LogP contribution in [0.25, 0.3) is 44.1 Å². The van der Waals surface area contributed by atoms with Crippen molar-refractivity contribution in [3.63, 3.8) is 0 Å². The van der Waals surface area contributed by atoms with Crippen LogP contribution < -0.4 is 0 Å². The van der Waals surface area contributed by atoms with Crippen LogP contribution in [0.5, 0.6) is 0 Å². The minimum absolute atomic E-state index is 0.242. The molecule has 1 N–H and O–H groups in total. The van der Waals surface area contributed by atoms with Crippen LogP contribution in [0.4, 0.5) is 0 Å². The molecular weight excluding hydrogens is 757 g/mol. The molecule has 9 aromatic rings. The predicted molar refractivity (Wildman–Crippen MR) is 231 cm³/mol. The quantitative estimate of drug-likeness (QED) is 0.163. The summed E-state index contributed by atoms with van der Waals surface area (Å²) in [5, 5.41) is 1.96. The molecule has 11 rings (SSSR count). The van der Waals surface area contributed by atoms with Gasteiger partial charge in [-0.2, -0.15) is 0 Å². The van der Waals surface area contributed by atoms with E-state index in [0.717, 1.165) is 78.5 Å². The number of rotatable bonds is 8. The molecule has 2 atom stereocenters. The third kappa shape index (κ3) is 7.30. The summed E-state index contributed by atoms with van der Waals surface area (Å²) in [5.41, 5.74) is 7.97. The van der Waals surface area contributed by atoms with Crippen LogP contribution in [0.1, 0.15) is 48.9 Å². The summed E-state index contributed by atoms with van der Waals surface area (Å²) in [7, 11) is -3.74. The van der Waals surface area contributed by atoms with E-state index >= 15 is 0 Å². The van der Waals surface area contributed by atoms with Gasteiger partial charge >= 0.3 is 0 Å². The number of imidazole rings is 2. The second kappa shape index (κ2) is 15.9. The number of piperidine rings is 2. The van der Waals surface area contributed by atoms with Gasteiger partial charge in [0.1, 0.15) is 16.7 Å². The number of aromatic amines is 1. The number of H-pyrrole nitrogens is 1. The minimum Gasteiger partial charge on any atom is -0.346 e. The Balaban J connectivity index is 0.000000149. The number of nitrogens with one attached hydrogen (secondary N) is 1. The number of benzene rings is 3. The zero-order valence-corrected chi connectivity index (χ0v) is 33.6. The van der Waals surface area contributed by atoms with Crippen molar-refractivity contribution in [1.82, 2.24) is 47.8 Å². The van der Waals surface area contributed by atoms with E-state index in [1.54, 1.807) is 42.7 Å². The standard InChI is InChI=1S/C26H25N5O2S.C20H21N5/c32-34(33,22-11-5-2-6-12-22)31-15-13-23-25-24(16-27-26(23)31)28-19-30(25)21-10-7-14-29(18-21)17-20-8-3-1-4-9-20;1-2-5-15(6-3-1)12-24-10-4-7-16(13-24)25-14-23-18-11-22-20-17(19(18)25)8-9-21-20/h1-6,8-9,11-13,15-16,19,21H,7,10,14,17-18H2;1-3,5-6,8-9,11,14,16H,4,7,10,12-13H2,(H,21,22)/t21-;16-/m11/s1. The summed E-state index contributed by atoms with van der Waals surface area (Å²) < 4.78 is 32.4. The first-order valence-electron chi connectivity index (χ1n) is 20.4. The van der Waals surface area contributed by atoms with Crippen LogP contribution in [0, 0.1) is 0 Å². The summed E-state index contributed by atoms with van der Waals surface area (Å²) in [6, 6.07) is 34.4. The lowest BCUT2D eigenvalue weighted by molar-refractivity contribution is 0.172. The second-order valence-corrected chi connectivity index (χ2v) is 17.5. The number of aromatic nitrogens is 8. The van der Waals surface area contributed by atoms with Gasteiger partial charge in [-0.25, -0.2) is 32.3 Å².